The van der Waals surface area contributed by atoms with Crippen molar-refractivity contribution in [3.05, 3.63) is 65.2 Å². The summed E-state index contributed by atoms with van der Waals surface area (Å²) in [6.07, 6.45) is -0.00432. The first-order valence-electron chi connectivity index (χ1n) is 11.4. The summed E-state index contributed by atoms with van der Waals surface area (Å²) in [5.41, 5.74) is 0.879. The Kier molecular flexibility index (Phi) is 7.76. The molecule has 0 aliphatic carbocycles. The largest absolute Gasteiger partial charge is 0.872 e. The van der Waals surface area contributed by atoms with Crippen LogP contribution < -0.4 is 14.7 Å². The van der Waals surface area contributed by atoms with Gasteiger partial charge in [0.15, 0.2) is 0 Å². The molecule has 2 N–H and O–H groups in total. The normalized spacial score (nSPS) is 17.9. The van der Waals surface area contributed by atoms with Gasteiger partial charge in [0.25, 0.3) is 5.91 Å². The third kappa shape index (κ3) is 5.37. The number of likely N-dealkylation sites (tertiary alicyclic amines) is 1. The van der Waals surface area contributed by atoms with E-state index in [9.17, 15) is 19.8 Å². The minimum absolute atomic E-state index is 0.00432. The summed E-state index contributed by atoms with van der Waals surface area (Å²) in [5, 5.41) is 23.2. The second-order valence-electron chi connectivity index (χ2n) is 8.46. The molecule has 33 heavy (non-hydrogen) atoms. The van der Waals surface area contributed by atoms with E-state index >= 15 is 0 Å². The summed E-state index contributed by atoms with van der Waals surface area (Å²) in [7, 11) is 0. The van der Waals surface area contributed by atoms with E-state index in [0.717, 1.165) is 13.1 Å². The van der Waals surface area contributed by atoms with Crippen LogP contribution in [0, 0.1) is 0 Å². The molecule has 1 unspecified atom stereocenters. The summed E-state index contributed by atoms with van der Waals surface area (Å²) in [6, 6.07) is 12.1. The van der Waals surface area contributed by atoms with Gasteiger partial charge in [0.05, 0.1) is 38.3 Å². The summed E-state index contributed by atoms with van der Waals surface area (Å²) >= 11 is 0. The first kappa shape index (κ1) is 24.3. The highest BCUT2D eigenvalue weighted by atomic mass is 16.5. The van der Waals surface area contributed by atoms with Crippen molar-refractivity contribution in [3.8, 4) is 11.5 Å². The molecule has 176 valence electrons. The van der Waals surface area contributed by atoms with Crippen molar-refractivity contribution in [3.63, 3.8) is 0 Å². The topological polar surface area (TPSA) is 94.3 Å². The van der Waals surface area contributed by atoms with Crippen LogP contribution in [0.25, 0.3) is 5.76 Å². The van der Waals surface area contributed by atoms with E-state index < -0.39 is 23.5 Å². The van der Waals surface area contributed by atoms with Gasteiger partial charge in [-0.25, -0.2) is 0 Å². The Bertz CT molecular complexity index is 1010. The number of hydrogen-bond donors (Lipinski definition) is 2. The number of benzene rings is 2. The Hall–Kier alpha value is -3.32. The summed E-state index contributed by atoms with van der Waals surface area (Å²) in [5.74, 6) is -1.21. The smallest absolute Gasteiger partial charge is 0.295 e. The number of phenolic OH excluding ortho intramolecular Hbond substituents is 1. The van der Waals surface area contributed by atoms with Gasteiger partial charge in [-0.05, 0) is 63.1 Å². The molecule has 1 fully saturated rings. The van der Waals surface area contributed by atoms with E-state index in [1.165, 1.54) is 21.9 Å². The lowest BCUT2D eigenvalue weighted by Gasteiger charge is -2.28. The molecular formula is C26H32N2O5. The van der Waals surface area contributed by atoms with E-state index in [-0.39, 0.29) is 17.4 Å². The molecule has 0 aromatic heterocycles. The number of aromatic hydroxyl groups is 1. The van der Waals surface area contributed by atoms with Gasteiger partial charge in [-0.2, -0.15) is 0 Å². The highest BCUT2D eigenvalue weighted by molar-refractivity contribution is 6.46. The quantitative estimate of drug-likeness (QED) is 0.340. The second-order valence-corrected chi connectivity index (χ2v) is 8.46. The molecule has 7 heteroatoms. The van der Waals surface area contributed by atoms with Gasteiger partial charge >= 0.3 is 0 Å². The Labute approximate surface area is 194 Å². The van der Waals surface area contributed by atoms with Gasteiger partial charge in [-0.1, -0.05) is 30.0 Å². The van der Waals surface area contributed by atoms with E-state index in [0.29, 0.717) is 30.0 Å². The molecule has 0 radical (unpaired) electrons. The molecule has 1 saturated heterocycles. The molecule has 3 rings (SSSR count). The first-order valence-corrected chi connectivity index (χ1v) is 11.4. The third-order valence-electron chi connectivity index (χ3n) is 5.93. The lowest BCUT2D eigenvalue weighted by atomic mass is 9.95. The van der Waals surface area contributed by atoms with Crippen molar-refractivity contribution in [1.29, 1.82) is 0 Å². The van der Waals surface area contributed by atoms with Gasteiger partial charge < -0.3 is 24.7 Å². The molecule has 2 aromatic rings. The monoisotopic (exact) mass is 452 g/mol. The van der Waals surface area contributed by atoms with Crippen molar-refractivity contribution in [2.24, 2.45) is 0 Å². The molecule has 7 nitrogen and oxygen atoms in total. The van der Waals surface area contributed by atoms with Crippen LogP contribution in [-0.4, -0.2) is 54.0 Å². The van der Waals surface area contributed by atoms with Gasteiger partial charge in [0, 0.05) is 5.57 Å². The predicted octanol–water partition coefficient (Wildman–Crippen LogP) is 1.33. The lowest BCUT2D eigenvalue weighted by molar-refractivity contribution is -0.895. The Morgan fingerprint density at radius 1 is 1.06 bits per heavy atom. The van der Waals surface area contributed by atoms with E-state index in [4.69, 9.17) is 4.74 Å². The predicted molar refractivity (Wildman–Crippen MR) is 124 cm³/mol. The zero-order valence-corrected chi connectivity index (χ0v) is 19.6. The third-order valence-corrected chi connectivity index (χ3v) is 5.93. The van der Waals surface area contributed by atoms with Crippen LogP contribution in [0.2, 0.25) is 0 Å². The Morgan fingerprint density at radius 3 is 2.21 bits per heavy atom. The molecule has 1 atom stereocenters. The highest BCUT2D eigenvalue weighted by Crippen LogP contribution is 2.38. The zero-order chi connectivity index (χ0) is 24.1. The molecule has 1 aliphatic heterocycles. The number of likely N-dealkylation sites (N-methyl/N-ethyl adjacent to an activating group) is 1. The molecule has 0 bridgehead atoms. The fourth-order valence-corrected chi connectivity index (χ4v) is 4.10. The maximum absolute atomic E-state index is 13.5. The second kappa shape index (κ2) is 10.5. The molecular weight excluding hydrogens is 420 g/mol. The summed E-state index contributed by atoms with van der Waals surface area (Å²) < 4.78 is 5.63. The number of phenols is 1. The fourth-order valence-electron chi connectivity index (χ4n) is 4.10. The highest BCUT2D eigenvalue weighted by Gasteiger charge is 2.44. The van der Waals surface area contributed by atoms with Crippen LogP contribution in [0.5, 0.6) is 11.5 Å². The number of rotatable bonds is 9. The average Bonchev–Trinajstić information content (AvgIpc) is 3.05. The molecule has 0 saturated carbocycles. The fraction of sp³-hybridized carbons (Fsp3) is 0.385. The number of Topliss-reactive ketones (excluding diaryl/α,β-unsaturated/α-hetero) is 1. The van der Waals surface area contributed by atoms with Crippen LogP contribution >= 0.6 is 0 Å². The number of quaternary nitrogens is 1. The number of amides is 1. The molecule has 1 amide bonds. The molecule has 1 aliphatic rings. The number of nitrogens with zero attached hydrogens (tertiary/aromatic N) is 1. The molecule has 2 aromatic carbocycles. The van der Waals surface area contributed by atoms with E-state index in [1.807, 2.05) is 13.8 Å². The van der Waals surface area contributed by atoms with Gasteiger partial charge in [-0.3, -0.25) is 9.59 Å². The molecule has 0 spiro atoms. The van der Waals surface area contributed by atoms with Crippen LogP contribution in [-0.2, 0) is 9.59 Å². The first-order chi connectivity index (χ1) is 15.8. The number of nitrogens with one attached hydrogen (secondary N) is 1. The summed E-state index contributed by atoms with van der Waals surface area (Å²) in [6.45, 7) is 10.8. The number of carbonyl (C=O) groups is 2. The lowest BCUT2D eigenvalue weighted by Crippen LogP contribution is -3.12. The van der Waals surface area contributed by atoms with Crippen molar-refractivity contribution in [2.75, 3.05) is 26.2 Å². The minimum Gasteiger partial charge on any atom is -0.872 e. The number of ketones is 1. The Morgan fingerprint density at radius 2 is 1.67 bits per heavy atom. The summed E-state index contributed by atoms with van der Waals surface area (Å²) in [4.78, 5) is 28.8. The minimum atomic E-state index is -0.792. The van der Waals surface area contributed by atoms with Crippen molar-refractivity contribution in [1.82, 2.24) is 4.90 Å². The number of ether oxygens (including phenoxy) is 1. The van der Waals surface area contributed by atoms with E-state index in [1.54, 1.807) is 36.4 Å². The number of carbonyl (C=O) groups excluding carboxylic acids is 2. The maximum Gasteiger partial charge on any atom is 0.295 e. The van der Waals surface area contributed by atoms with Crippen LogP contribution in [0.3, 0.4) is 0 Å². The van der Waals surface area contributed by atoms with E-state index in [2.05, 4.69) is 13.8 Å². The SMILES string of the molecule is CC[NH+](CC)CCN1C(=O)C(=O)/C(=C(/[O-])c2ccc(OC(C)C)cc2)C1c1ccc(O)cc1. The van der Waals surface area contributed by atoms with Gasteiger partial charge in [0.2, 0.25) is 5.78 Å². The number of hydrogen-bond acceptors (Lipinski definition) is 5. The van der Waals surface area contributed by atoms with Crippen molar-refractivity contribution in [2.45, 2.75) is 39.8 Å². The van der Waals surface area contributed by atoms with Crippen molar-refractivity contribution < 1.29 is 29.4 Å². The average molecular weight is 453 g/mol. The molecule has 1 heterocycles. The van der Waals surface area contributed by atoms with Crippen LogP contribution in [0.15, 0.2) is 54.1 Å². The van der Waals surface area contributed by atoms with Crippen molar-refractivity contribution >= 4 is 17.4 Å². The van der Waals surface area contributed by atoms with Crippen LogP contribution in [0.4, 0.5) is 0 Å². The zero-order valence-electron chi connectivity index (χ0n) is 19.6. The maximum atomic E-state index is 13.5. The van der Waals surface area contributed by atoms with Gasteiger partial charge in [-0.15, -0.1) is 0 Å². The van der Waals surface area contributed by atoms with Gasteiger partial charge in [0.1, 0.15) is 11.5 Å². The standard InChI is InChI=1S/C26H32N2O5/c1-5-27(6-2)15-16-28-23(18-7-11-20(29)12-8-18)22(25(31)26(28)32)24(30)19-9-13-21(14-10-19)33-17(3)4/h7-14,17,23,29-30H,5-6,15-16H2,1-4H3/b24-22+. The van der Waals surface area contributed by atoms with Crippen LogP contribution in [0.1, 0.15) is 44.9 Å². The Balaban J connectivity index is 2.04.